The molecule has 0 aromatic heterocycles. The van der Waals surface area contributed by atoms with Gasteiger partial charge in [0.2, 0.25) is 5.91 Å². The average molecular weight is 391 g/mol. The first kappa shape index (κ1) is 18.7. The number of rotatable bonds is 5. The van der Waals surface area contributed by atoms with Crippen molar-refractivity contribution in [2.75, 3.05) is 6.54 Å². The van der Waals surface area contributed by atoms with Gasteiger partial charge in [0.25, 0.3) is 5.91 Å². The second-order valence-corrected chi connectivity index (χ2v) is 7.32. The zero-order valence-electron chi connectivity index (χ0n) is 14.5. The third kappa shape index (κ3) is 4.37. The van der Waals surface area contributed by atoms with E-state index in [1.165, 1.54) is 0 Å². The topological polar surface area (TPSA) is 49.4 Å². The molecule has 6 heteroatoms. The normalized spacial score (nSPS) is 15.2. The predicted octanol–water partition coefficient (Wildman–Crippen LogP) is 4.61. The summed E-state index contributed by atoms with van der Waals surface area (Å²) in [5, 5.41) is 4.03. The number of hydrogen-bond donors (Lipinski definition) is 1. The molecule has 0 radical (unpaired) electrons. The van der Waals surface area contributed by atoms with Crippen LogP contribution < -0.4 is 5.32 Å². The molecule has 1 aliphatic rings. The molecule has 0 saturated carbocycles. The molecular formula is C20H20Cl2N2O2. The summed E-state index contributed by atoms with van der Waals surface area (Å²) in [7, 11) is 0. The lowest BCUT2D eigenvalue weighted by Crippen LogP contribution is -2.27. The summed E-state index contributed by atoms with van der Waals surface area (Å²) in [4.78, 5) is 26.2. The molecule has 1 unspecified atom stereocenters. The van der Waals surface area contributed by atoms with E-state index in [-0.39, 0.29) is 17.9 Å². The molecule has 1 aliphatic heterocycles. The van der Waals surface area contributed by atoms with Gasteiger partial charge >= 0.3 is 0 Å². The van der Waals surface area contributed by atoms with E-state index in [2.05, 4.69) is 5.32 Å². The lowest BCUT2D eigenvalue weighted by atomic mass is 10.1. The predicted molar refractivity (Wildman–Crippen MR) is 103 cm³/mol. The van der Waals surface area contributed by atoms with E-state index in [1.54, 1.807) is 18.2 Å². The van der Waals surface area contributed by atoms with Crippen molar-refractivity contribution in [3.8, 4) is 0 Å². The summed E-state index contributed by atoms with van der Waals surface area (Å²) in [6, 6.07) is 12.3. The third-order valence-electron chi connectivity index (χ3n) is 4.51. The second kappa shape index (κ2) is 8.11. The van der Waals surface area contributed by atoms with Crippen molar-refractivity contribution in [2.24, 2.45) is 0 Å². The molecule has 26 heavy (non-hydrogen) atoms. The van der Waals surface area contributed by atoms with Crippen LogP contribution in [0.2, 0.25) is 10.0 Å². The Balaban J connectivity index is 1.69. The Morgan fingerprint density at radius 3 is 2.73 bits per heavy atom. The third-order valence-corrected chi connectivity index (χ3v) is 5.07. The van der Waals surface area contributed by atoms with Crippen molar-refractivity contribution in [3.05, 3.63) is 69.2 Å². The highest BCUT2D eigenvalue weighted by Crippen LogP contribution is 2.26. The van der Waals surface area contributed by atoms with Crippen LogP contribution in [0.1, 0.15) is 47.3 Å². The molecule has 0 spiro atoms. The minimum absolute atomic E-state index is 0.172. The van der Waals surface area contributed by atoms with Gasteiger partial charge in [-0.15, -0.1) is 0 Å². The van der Waals surface area contributed by atoms with Crippen molar-refractivity contribution in [3.63, 3.8) is 0 Å². The van der Waals surface area contributed by atoms with Gasteiger partial charge in [-0.3, -0.25) is 9.59 Å². The van der Waals surface area contributed by atoms with E-state index in [1.807, 2.05) is 36.1 Å². The summed E-state index contributed by atoms with van der Waals surface area (Å²) in [6.07, 6.45) is 1.51. The van der Waals surface area contributed by atoms with Gasteiger partial charge in [-0.1, -0.05) is 41.4 Å². The maximum atomic E-state index is 12.6. The van der Waals surface area contributed by atoms with Crippen LogP contribution in [0.25, 0.3) is 0 Å². The summed E-state index contributed by atoms with van der Waals surface area (Å²) in [5.41, 5.74) is 2.32. The molecular weight excluding hydrogens is 371 g/mol. The van der Waals surface area contributed by atoms with Crippen LogP contribution in [0.4, 0.5) is 0 Å². The highest BCUT2D eigenvalue weighted by atomic mass is 35.5. The number of halogens is 2. The SMILES string of the molecule is CC(NC(=O)c1cccc(CN2CCCC2=O)c1)c1ccc(Cl)cc1Cl. The second-order valence-electron chi connectivity index (χ2n) is 6.48. The van der Waals surface area contributed by atoms with Crippen LogP contribution in [0.3, 0.4) is 0 Å². The van der Waals surface area contributed by atoms with Gasteiger partial charge in [0.05, 0.1) is 6.04 Å². The molecule has 0 aliphatic carbocycles. The number of carbonyl (C=O) groups is 2. The number of nitrogens with one attached hydrogen (secondary N) is 1. The van der Waals surface area contributed by atoms with Gasteiger partial charge in [0.1, 0.15) is 0 Å². The number of carbonyl (C=O) groups excluding carboxylic acids is 2. The molecule has 136 valence electrons. The molecule has 3 rings (SSSR count). The fraction of sp³-hybridized carbons (Fsp3) is 0.300. The van der Waals surface area contributed by atoms with E-state index in [0.29, 0.717) is 28.6 Å². The van der Waals surface area contributed by atoms with Crippen molar-refractivity contribution in [1.29, 1.82) is 0 Å². The first-order valence-electron chi connectivity index (χ1n) is 8.56. The number of benzene rings is 2. The summed E-state index contributed by atoms with van der Waals surface area (Å²) in [6.45, 7) is 3.19. The van der Waals surface area contributed by atoms with Crippen molar-refractivity contribution < 1.29 is 9.59 Å². The molecule has 1 fully saturated rings. The molecule has 1 atom stereocenters. The summed E-state index contributed by atoms with van der Waals surface area (Å²) < 4.78 is 0. The van der Waals surface area contributed by atoms with E-state index < -0.39 is 0 Å². The van der Waals surface area contributed by atoms with Crippen LogP contribution in [-0.2, 0) is 11.3 Å². The highest BCUT2D eigenvalue weighted by Gasteiger charge is 2.20. The van der Waals surface area contributed by atoms with E-state index >= 15 is 0 Å². The fourth-order valence-corrected chi connectivity index (χ4v) is 3.69. The molecule has 1 heterocycles. The van der Waals surface area contributed by atoms with E-state index in [9.17, 15) is 9.59 Å². The van der Waals surface area contributed by atoms with Crippen molar-refractivity contribution >= 4 is 35.0 Å². The minimum atomic E-state index is -0.254. The maximum Gasteiger partial charge on any atom is 0.251 e. The van der Waals surface area contributed by atoms with Crippen LogP contribution in [0, 0.1) is 0 Å². The fourth-order valence-electron chi connectivity index (χ4n) is 3.11. The van der Waals surface area contributed by atoms with Gasteiger partial charge < -0.3 is 10.2 Å². The van der Waals surface area contributed by atoms with Crippen LogP contribution >= 0.6 is 23.2 Å². The Bertz CT molecular complexity index is 838. The van der Waals surface area contributed by atoms with Crippen molar-refractivity contribution in [2.45, 2.75) is 32.4 Å². The largest absolute Gasteiger partial charge is 0.345 e. The Kier molecular flexibility index (Phi) is 5.84. The van der Waals surface area contributed by atoms with Crippen LogP contribution in [-0.4, -0.2) is 23.3 Å². The Morgan fingerprint density at radius 2 is 2.04 bits per heavy atom. The summed E-state index contributed by atoms with van der Waals surface area (Å²) in [5.74, 6) is -0.0102. The van der Waals surface area contributed by atoms with Crippen LogP contribution in [0.5, 0.6) is 0 Å². The Labute approximate surface area is 163 Å². The average Bonchev–Trinajstić information content (AvgIpc) is 2.99. The molecule has 1 N–H and O–H groups in total. The molecule has 2 aromatic rings. The van der Waals surface area contributed by atoms with E-state index in [0.717, 1.165) is 24.1 Å². The van der Waals surface area contributed by atoms with Crippen LogP contribution in [0.15, 0.2) is 42.5 Å². The number of hydrogen-bond acceptors (Lipinski definition) is 2. The number of likely N-dealkylation sites (tertiary alicyclic amines) is 1. The van der Waals surface area contributed by atoms with Crippen molar-refractivity contribution in [1.82, 2.24) is 10.2 Å². The number of nitrogens with zero attached hydrogens (tertiary/aromatic N) is 1. The van der Waals surface area contributed by atoms with E-state index in [4.69, 9.17) is 23.2 Å². The lowest BCUT2D eigenvalue weighted by molar-refractivity contribution is -0.128. The molecule has 4 nitrogen and oxygen atoms in total. The molecule has 2 amide bonds. The zero-order valence-corrected chi connectivity index (χ0v) is 16.0. The maximum absolute atomic E-state index is 12.6. The van der Waals surface area contributed by atoms with Gasteiger partial charge in [0, 0.05) is 35.1 Å². The van der Waals surface area contributed by atoms with Gasteiger partial charge in [-0.2, -0.15) is 0 Å². The van der Waals surface area contributed by atoms with Gasteiger partial charge in [0.15, 0.2) is 0 Å². The zero-order chi connectivity index (χ0) is 18.7. The lowest BCUT2D eigenvalue weighted by Gasteiger charge is -2.18. The number of amides is 2. The molecule has 0 bridgehead atoms. The first-order chi connectivity index (χ1) is 12.4. The standard InChI is InChI=1S/C20H20Cl2N2O2/c1-13(17-8-7-16(21)11-18(17)22)23-20(26)15-5-2-4-14(10-15)12-24-9-3-6-19(24)25/h2,4-5,7-8,10-11,13H,3,6,9,12H2,1H3,(H,23,26). The van der Waals surface area contributed by atoms with Gasteiger partial charge in [-0.05, 0) is 48.7 Å². The summed E-state index contributed by atoms with van der Waals surface area (Å²) >= 11 is 12.1. The first-order valence-corrected chi connectivity index (χ1v) is 9.32. The highest BCUT2D eigenvalue weighted by molar-refractivity contribution is 6.35. The minimum Gasteiger partial charge on any atom is -0.345 e. The van der Waals surface area contributed by atoms with Gasteiger partial charge in [-0.25, -0.2) is 0 Å². The Hall–Kier alpha value is -2.04. The molecule has 2 aromatic carbocycles. The Morgan fingerprint density at radius 1 is 1.23 bits per heavy atom. The molecule has 1 saturated heterocycles. The smallest absolute Gasteiger partial charge is 0.251 e. The quantitative estimate of drug-likeness (QED) is 0.810. The monoisotopic (exact) mass is 390 g/mol.